The van der Waals surface area contributed by atoms with Crippen molar-refractivity contribution in [2.24, 2.45) is 10.2 Å². The lowest BCUT2D eigenvalue weighted by Gasteiger charge is -2.21. The predicted molar refractivity (Wildman–Crippen MR) is 75.0 cm³/mol. The Balaban J connectivity index is 1.97. The number of azo groups is 1. The Morgan fingerprint density at radius 3 is 2.78 bits per heavy atom. The van der Waals surface area contributed by atoms with E-state index in [0.29, 0.717) is 11.7 Å². The fourth-order valence-corrected chi connectivity index (χ4v) is 2.10. The van der Waals surface area contributed by atoms with Gasteiger partial charge in [0.25, 0.3) is 0 Å². The predicted octanol–water partition coefficient (Wildman–Crippen LogP) is 3.08. The summed E-state index contributed by atoms with van der Waals surface area (Å²) >= 11 is 5.10. The molecular weight excluding hydrogens is 246 g/mol. The van der Waals surface area contributed by atoms with Gasteiger partial charge in [-0.25, -0.2) is 0 Å². The Morgan fingerprint density at radius 1 is 1.33 bits per heavy atom. The maximum Gasteiger partial charge on any atom is 0.217 e. The highest BCUT2D eigenvalue weighted by Gasteiger charge is 2.25. The first-order valence-corrected chi connectivity index (χ1v) is 6.44. The monoisotopic (exact) mass is 263 g/mol. The third-order valence-electron chi connectivity index (χ3n) is 3.10. The van der Waals surface area contributed by atoms with Gasteiger partial charge in [-0.15, -0.1) is 5.11 Å². The second kappa shape index (κ2) is 5.44. The van der Waals surface area contributed by atoms with Gasteiger partial charge in [0.2, 0.25) is 5.11 Å². The molecule has 1 aromatic carbocycles. The molecule has 0 spiro atoms. The van der Waals surface area contributed by atoms with Crippen molar-refractivity contribution in [1.82, 2.24) is 4.90 Å². The van der Waals surface area contributed by atoms with Crippen LogP contribution in [-0.2, 0) is 0 Å². The van der Waals surface area contributed by atoms with E-state index in [1.165, 1.54) is 11.1 Å². The van der Waals surface area contributed by atoms with Crippen molar-refractivity contribution in [3.8, 4) is 5.75 Å². The smallest absolute Gasteiger partial charge is 0.217 e. The minimum atomic E-state index is -0.0934. The zero-order chi connectivity index (χ0) is 13.1. The van der Waals surface area contributed by atoms with Gasteiger partial charge in [-0.2, -0.15) is 5.11 Å². The van der Waals surface area contributed by atoms with Crippen molar-refractivity contribution in [1.29, 1.82) is 0 Å². The van der Waals surface area contributed by atoms with E-state index in [2.05, 4.69) is 30.1 Å². The standard InChI is InChI=1S/C13H17N3OS/c1-4-16-12(14-15-13(16)18)8-17-11-6-5-9(2)10(3)7-11/h5-7,12H,4,8H2,1-3H3. The molecule has 4 nitrogen and oxygen atoms in total. The number of hydrogen-bond acceptors (Lipinski definition) is 3. The van der Waals surface area contributed by atoms with Crippen LogP contribution < -0.4 is 4.74 Å². The van der Waals surface area contributed by atoms with Crippen molar-refractivity contribution in [3.05, 3.63) is 29.3 Å². The number of hydrogen-bond donors (Lipinski definition) is 0. The SMILES string of the molecule is CCN1C(=S)N=NC1COc1ccc(C)c(C)c1. The maximum absolute atomic E-state index is 5.75. The van der Waals surface area contributed by atoms with Crippen molar-refractivity contribution in [2.45, 2.75) is 26.9 Å². The summed E-state index contributed by atoms with van der Waals surface area (Å²) < 4.78 is 5.75. The molecule has 0 bridgehead atoms. The van der Waals surface area contributed by atoms with Crippen LogP contribution in [0, 0.1) is 13.8 Å². The quantitative estimate of drug-likeness (QED) is 0.783. The Labute approximate surface area is 113 Å². The molecule has 0 saturated heterocycles. The molecule has 1 unspecified atom stereocenters. The van der Waals surface area contributed by atoms with E-state index in [1.54, 1.807) is 0 Å². The van der Waals surface area contributed by atoms with Crippen LogP contribution in [0.25, 0.3) is 0 Å². The summed E-state index contributed by atoms with van der Waals surface area (Å²) in [5.41, 5.74) is 2.49. The van der Waals surface area contributed by atoms with Gasteiger partial charge in [0.1, 0.15) is 12.4 Å². The normalized spacial score (nSPS) is 18.5. The topological polar surface area (TPSA) is 37.2 Å². The maximum atomic E-state index is 5.75. The van der Waals surface area contributed by atoms with E-state index in [1.807, 2.05) is 24.0 Å². The Bertz CT molecular complexity index is 487. The lowest BCUT2D eigenvalue weighted by Crippen LogP contribution is -2.36. The number of likely N-dealkylation sites (N-methyl/N-ethyl adjacent to an activating group) is 1. The lowest BCUT2D eigenvalue weighted by molar-refractivity contribution is 0.215. The molecule has 0 N–H and O–H groups in total. The van der Waals surface area contributed by atoms with Crippen LogP contribution >= 0.6 is 12.2 Å². The summed E-state index contributed by atoms with van der Waals surface area (Å²) in [6, 6.07) is 6.07. The van der Waals surface area contributed by atoms with E-state index in [-0.39, 0.29) is 6.17 Å². The van der Waals surface area contributed by atoms with Crippen molar-refractivity contribution >= 4 is 17.3 Å². The summed E-state index contributed by atoms with van der Waals surface area (Å²) in [7, 11) is 0. The first kappa shape index (κ1) is 13.0. The summed E-state index contributed by atoms with van der Waals surface area (Å²) in [5, 5.41) is 8.57. The van der Waals surface area contributed by atoms with Crippen LogP contribution in [0.15, 0.2) is 28.4 Å². The van der Waals surface area contributed by atoms with Crippen molar-refractivity contribution < 1.29 is 4.74 Å². The molecule has 0 radical (unpaired) electrons. The first-order chi connectivity index (χ1) is 8.61. The molecular formula is C13H17N3OS. The third kappa shape index (κ3) is 2.67. The molecule has 1 aliphatic rings. The number of ether oxygens (including phenoxy) is 1. The molecule has 1 aromatic rings. The second-order valence-electron chi connectivity index (χ2n) is 4.32. The average Bonchev–Trinajstić information content (AvgIpc) is 2.71. The molecule has 1 atom stereocenters. The molecule has 0 amide bonds. The molecule has 2 rings (SSSR count). The number of rotatable bonds is 4. The zero-order valence-corrected chi connectivity index (χ0v) is 11.7. The average molecular weight is 263 g/mol. The summed E-state index contributed by atoms with van der Waals surface area (Å²) in [6.07, 6.45) is -0.0934. The summed E-state index contributed by atoms with van der Waals surface area (Å²) in [6.45, 7) is 7.46. The Morgan fingerprint density at radius 2 is 2.11 bits per heavy atom. The van der Waals surface area contributed by atoms with Crippen LogP contribution in [0.3, 0.4) is 0 Å². The molecule has 0 aliphatic carbocycles. The highest BCUT2D eigenvalue weighted by Crippen LogP contribution is 2.19. The zero-order valence-electron chi connectivity index (χ0n) is 10.9. The Hall–Kier alpha value is -1.49. The van der Waals surface area contributed by atoms with Gasteiger partial charge in [-0.3, -0.25) is 0 Å². The number of aryl methyl sites for hydroxylation is 2. The number of benzene rings is 1. The van der Waals surface area contributed by atoms with Crippen LogP contribution in [0.4, 0.5) is 0 Å². The van der Waals surface area contributed by atoms with Gasteiger partial charge in [-0.05, 0) is 56.2 Å². The van der Waals surface area contributed by atoms with Gasteiger partial charge in [-0.1, -0.05) is 6.07 Å². The molecule has 5 heteroatoms. The lowest BCUT2D eigenvalue weighted by atomic mass is 10.1. The molecule has 1 heterocycles. The third-order valence-corrected chi connectivity index (χ3v) is 3.42. The van der Waals surface area contributed by atoms with E-state index in [4.69, 9.17) is 17.0 Å². The van der Waals surface area contributed by atoms with E-state index in [9.17, 15) is 0 Å². The molecule has 18 heavy (non-hydrogen) atoms. The fraction of sp³-hybridized carbons (Fsp3) is 0.462. The number of thiocarbonyl (C=S) groups is 1. The summed E-state index contributed by atoms with van der Waals surface area (Å²) in [5.74, 6) is 0.863. The highest BCUT2D eigenvalue weighted by atomic mass is 32.1. The van der Waals surface area contributed by atoms with Crippen LogP contribution in [0.2, 0.25) is 0 Å². The van der Waals surface area contributed by atoms with Crippen molar-refractivity contribution in [2.75, 3.05) is 13.2 Å². The largest absolute Gasteiger partial charge is 0.489 e. The van der Waals surface area contributed by atoms with E-state index in [0.717, 1.165) is 12.3 Å². The van der Waals surface area contributed by atoms with Gasteiger partial charge in [0.15, 0.2) is 6.17 Å². The van der Waals surface area contributed by atoms with Gasteiger partial charge < -0.3 is 9.64 Å². The molecule has 96 valence electrons. The summed E-state index contributed by atoms with van der Waals surface area (Å²) in [4.78, 5) is 1.95. The highest BCUT2D eigenvalue weighted by molar-refractivity contribution is 7.80. The second-order valence-corrected chi connectivity index (χ2v) is 4.69. The van der Waals surface area contributed by atoms with Crippen LogP contribution in [0.1, 0.15) is 18.1 Å². The van der Waals surface area contributed by atoms with Crippen LogP contribution in [0.5, 0.6) is 5.75 Å². The fourth-order valence-electron chi connectivity index (χ4n) is 1.81. The first-order valence-electron chi connectivity index (χ1n) is 6.03. The van der Waals surface area contributed by atoms with E-state index >= 15 is 0 Å². The minimum Gasteiger partial charge on any atom is -0.489 e. The van der Waals surface area contributed by atoms with Gasteiger partial charge in [0.05, 0.1) is 0 Å². The minimum absolute atomic E-state index is 0.0934. The molecule has 0 saturated carbocycles. The van der Waals surface area contributed by atoms with Crippen LogP contribution in [-0.4, -0.2) is 29.3 Å². The molecule has 0 fully saturated rings. The number of nitrogens with zero attached hydrogens (tertiary/aromatic N) is 3. The van der Waals surface area contributed by atoms with Crippen molar-refractivity contribution in [3.63, 3.8) is 0 Å². The van der Waals surface area contributed by atoms with Gasteiger partial charge >= 0.3 is 0 Å². The van der Waals surface area contributed by atoms with Gasteiger partial charge in [0, 0.05) is 6.54 Å². The van der Waals surface area contributed by atoms with E-state index < -0.39 is 0 Å². The molecule has 1 aliphatic heterocycles. The molecule has 0 aromatic heterocycles. The Kier molecular flexibility index (Phi) is 3.91.